The minimum atomic E-state index is -3.48. The van der Waals surface area contributed by atoms with Crippen molar-refractivity contribution < 1.29 is 13.2 Å². The average molecular weight is 363 g/mol. The van der Waals surface area contributed by atoms with Crippen LogP contribution in [0.3, 0.4) is 0 Å². The number of hydrogen-bond acceptors (Lipinski definition) is 5. The van der Waals surface area contributed by atoms with E-state index in [2.05, 4.69) is 10.3 Å². The van der Waals surface area contributed by atoms with Crippen molar-refractivity contribution in [2.75, 3.05) is 12.3 Å². The highest BCUT2D eigenvalue weighted by Crippen LogP contribution is 2.10. The molecule has 1 amide bonds. The summed E-state index contributed by atoms with van der Waals surface area (Å²) in [6, 6.07) is 8.03. The van der Waals surface area contributed by atoms with Crippen LogP contribution in [0.15, 0.2) is 46.3 Å². The molecule has 0 radical (unpaired) electrons. The summed E-state index contributed by atoms with van der Waals surface area (Å²) in [5.41, 5.74) is 1.10. The van der Waals surface area contributed by atoms with Gasteiger partial charge in [-0.15, -0.1) is 0 Å². The number of aromatic nitrogens is 2. The first-order chi connectivity index (χ1) is 11.8. The van der Waals surface area contributed by atoms with Crippen LogP contribution in [0.25, 0.3) is 0 Å². The van der Waals surface area contributed by atoms with Crippen molar-refractivity contribution in [1.82, 2.24) is 14.9 Å². The second kappa shape index (κ2) is 8.06. The van der Waals surface area contributed by atoms with Crippen molar-refractivity contribution in [3.05, 3.63) is 58.3 Å². The van der Waals surface area contributed by atoms with Gasteiger partial charge >= 0.3 is 0 Å². The van der Waals surface area contributed by atoms with Crippen LogP contribution in [0, 0.1) is 13.8 Å². The van der Waals surface area contributed by atoms with Gasteiger partial charge in [-0.2, -0.15) is 0 Å². The standard InChI is InChI=1S/C17H21N3O4S/c1-13-14(2)19-12-20(17(13)22)10-9-18-16(21)8-11-25(23,24)15-6-4-3-5-7-15/h3-7,12H,8-11H2,1-2H3,(H,18,21). The summed E-state index contributed by atoms with van der Waals surface area (Å²) in [5, 5.41) is 2.63. The van der Waals surface area contributed by atoms with Gasteiger partial charge in [0, 0.05) is 30.8 Å². The van der Waals surface area contributed by atoms with Gasteiger partial charge in [-0.25, -0.2) is 13.4 Å². The van der Waals surface area contributed by atoms with Crippen molar-refractivity contribution in [2.45, 2.75) is 31.7 Å². The number of hydrogen-bond donors (Lipinski definition) is 1. The molecule has 1 N–H and O–H groups in total. The summed E-state index contributed by atoms with van der Waals surface area (Å²) >= 11 is 0. The predicted octanol–water partition coefficient (Wildman–Crippen LogP) is 0.840. The number of aryl methyl sites for hydroxylation is 1. The molecule has 2 rings (SSSR count). The van der Waals surface area contributed by atoms with E-state index in [1.165, 1.54) is 23.0 Å². The smallest absolute Gasteiger partial charge is 0.256 e. The Morgan fingerprint density at radius 1 is 1.20 bits per heavy atom. The predicted molar refractivity (Wildman–Crippen MR) is 94.1 cm³/mol. The maximum absolute atomic E-state index is 12.1. The van der Waals surface area contributed by atoms with Crippen LogP contribution >= 0.6 is 0 Å². The molecule has 0 atom stereocenters. The maximum Gasteiger partial charge on any atom is 0.256 e. The first-order valence-corrected chi connectivity index (χ1v) is 9.53. The van der Waals surface area contributed by atoms with Gasteiger partial charge in [-0.3, -0.25) is 14.2 Å². The fourth-order valence-electron chi connectivity index (χ4n) is 2.21. The number of sulfone groups is 1. The summed E-state index contributed by atoms with van der Waals surface area (Å²) in [4.78, 5) is 28.2. The van der Waals surface area contributed by atoms with Crippen molar-refractivity contribution in [3.63, 3.8) is 0 Å². The molecule has 0 fully saturated rings. The number of carbonyl (C=O) groups is 1. The van der Waals surface area contributed by atoms with E-state index in [0.29, 0.717) is 11.3 Å². The molecule has 134 valence electrons. The monoisotopic (exact) mass is 363 g/mol. The fraction of sp³-hybridized carbons (Fsp3) is 0.353. The van der Waals surface area contributed by atoms with Crippen molar-refractivity contribution in [3.8, 4) is 0 Å². The number of amides is 1. The molecule has 0 aliphatic heterocycles. The van der Waals surface area contributed by atoms with Gasteiger partial charge in [-0.05, 0) is 26.0 Å². The molecule has 2 aromatic rings. The van der Waals surface area contributed by atoms with E-state index in [4.69, 9.17) is 0 Å². The summed E-state index contributed by atoms with van der Waals surface area (Å²) in [7, 11) is -3.48. The highest BCUT2D eigenvalue weighted by Gasteiger charge is 2.15. The molecule has 7 nitrogen and oxygen atoms in total. The van der Waals surface area contributed by atoms with E-state index in [0.717, 1.165) is 0 Å². The van der Waals surface area contributed by atoms with Crippen molar-refractivity contribution in [2.24, 2.45) is 0 Å². The summed E-state index contributed by atoms with van der Waals surface area (Å²) in [6.45, 7) is 3.97. The lowest BCUT2D eigenvalue weighted by molar-refractivity contribution is -0.120. The molecule has 25 heavy (non-hydrogen) atoms. The van der Waals surface area contributed by atoms with Crippen molar-refractivity contribution >= 4 is 15.7 Å². The Morgan fingerprint density at radius 2 is 1.88 bits per heavy atom. The Kier molecular flexibility index (Phi) is 6.08. The molecule has 0 aliphatic carbocycles. The lowest BCUT2D eigenvalue weighted by atomic mass is 10.3. The number of rotatable bonds is 7. The minimum Gasteiger partial charge on any atom is -0.354 e. The van der Waals surface area contributed by atoms with E-state index >= 15 is 0 Å². The maximum atomic E-state index is 12.1. The van der Waals surface area contributed by atoms with Crippen LogP contribution in [-0.2, 0) is 21.2 Å². The molecule has 1 heterocycles. The number of benzene rings is 1. The lowest BCUT2D eigenvalue weighted by Crippen LogP contribution is -2.32. The molecule has 0 bridgehead atoms. The Labute approximate surface area is 146 Å². The largest absolute Gasteiger partial charge is 0.354 e. The van der Waals surface area contributed by atoms with E-state index < -0.39 is 9.84 Å². The van der Waals surface area contributed by atoms with Crippen LogP contribution in [0.5, 0.6) is 0 Å². The number of nitrogens with one attached hydrogen (secondary N) is 1. The normalized spacial score (nSPS) is 11.3. The molecule has 1 aromatic carbocycles. The minimum absolute atomic E-state index is 0.128. The topological polar surface area (TPSA) is 98.1 Å². The molecular weight excluding hydrogens is 342 g/mol. The zero-order chi connectivity index (χ0) is 18.4. The van der Waals surface area contributed by atoms with Gasteiger partial charge in [0.25, 0.3) is 5.56 Å². The van der Waals surface area contributed by atoms with Crippen LogP contribution in [-0.4, -0.2) is 36.2 Å². The Balaban J connectivity index is 1.84. The van der Waals surface area contributed by atoms with Crippen LogP contribution in [0.1, 0.15) is 17.7 Å². The molecule has 0 unspecified atom stereocenters. The average Bonchev–Trinajstić information content (AvgIpc) is 2.61. The second-order valence-corrected chi connectivity index (χ2v) is 7.79. The molecule has 8 heteroatoms. The molecule has 0 aliphatic rings. The third-order valence-corrected chi connectivity index (χ3v) is 5.62. The second-order valence-electron chi connectivity index (χ2n) is 5.69. The summed E-state index contributed by atoms with van der Waals surface area (Å²) in [6.07, 6.45) is 1.31. The van der Waals surface area contributed by atoms with Gasteiger partial charge in [-0.1, -0.05) is 18.2 Å². The Hall–Kier alpha value is -2.48. The van der Waals surface area contributed by atoms with Gasteiger partial charge in [0.15, 0.2) is 9.84 Å². The highest BCUT2D eigenvalue weighted by molar-refractivity contribution is 7.91. The fourth-order valence-corrected chi connectivity index (χ4v) is 3.47. The molecule has 0 saturated carbocycles. The zero-order valence-corrected chi connectivity index (χ0v) is 15.0. The number of nitrogens with zero attached hydrogens (tertiary/aromatic N) is 2. The number of carbonyl (C=O) groups excluding carboxylic acids is 1. The van der Waals surface area contributed by atoms with Crippen molar-refractivity contribution in [1.29, 1.82) is 0 Å². The van der Waals surface area contributed by atoms with Crippen LogP contribution in [0.4, 0.5) is 0 Å². The van der Waals surface area contributed by atoms with Crippen LogP contribution < -0.4 is 10.9 Å². The third-order valence-electron chi connectivity index (χ3n) is 3.89. The van der Waals surface area contributed by atoms with Gasteiger partial charge in [0.1, 0.15) is 0 Å². The van der Waals surface area contributed by atoms with E-state index in [1.807, 2.05) is 0 Å². The van der Waals surface area contributed by atoms with E-state index in [9.17, 15) is 18.0 Å². The van der Waals surface area contributed by atoms with E-state index in [1.54, 1.807) is 32.0 Å². The quantitative estimate of drug-likeness (QED) is 0.786. The molecule has 0 spiro atoms. The SMILES string of the molecule is Cc1ncn(CCNC(=O)CCS(=O)(=O)c2ccccc2)c(=O)c1C. The van der Waals surface area contributed by atoms with Gasteiger partial charge in [0.2, 0.25) is 5.91 Å². The summed E-state index contributed by atoms with van der Waals surface area (Å²) < 4.78 is 25.6. The van der Waals surface area contributed by atoms with Crippen LogP contribution in [0.2, 0.25) is 0 Å². The molecule has 0 saturated heterocycles. The van der Waals surface area contributed by atoms with Gasteiger partial charge < -0.3 is 5.32 Å². The van der Waals surface area contributed by atoms with Gasteiger partial charge in [0.05, 0.1) is 17.0 Å². The Morgan fingerprint density at radius 3 is 2.56 bits per heavy atom. The molecular formula is C17H21N3O4S. The summed E-state index contributed by atoms with van der Waals surface area (Å²) in [5.74, 6) is -0.627. The highest BCUT2D eigenvalue weighted by atomic mass is 32.2. The first-order valence-electron chi connectivity index (χ1n) is 7.88. The van der Waals surface area contributed by atoms with E-state index in [-0.39, 0.29) is 41.6 Å². The third kappa shape index (κ3) is 4.99. The Bertz CT molecular complexity index is 905. The molecule has 1 aromatic heterocycles. The lowest BCUT2D eigenvalue weighted by Gasteiger charge is -2.09. The zero-order valence-electron chi connectivity index (χ0n) is 14.2. The first kappa shape index (κ1) is 18.9.